The number of hydrogen-bond donors (Lipinski definition) is 5. The number of carbonyl (C=O) groups is 1. The summed E-state index contributed by atoms with van der Waals surface area (Å²) < 4.78 is 0. The molecular formula is C15H19N6O4+. The molecule has 10 nitrogen and oxygen atoms in total. The van der Waals surface area contributed by atoms with Gasteiger partial charge < -0.3 is 21.1 Å². The summed E-state index contributed by atoms with van der Waals surface area (Å²) in [6.07, 6.45) is 2.81. The van der Waals surface area contributed by atoms with E-state index in [0.29, 0.717) is 43.0 Å². The van der Waals surface area contributed by atoms with E-state index in [4.69, 9.17) is 5.21 Å². The largest absolute Gasteiger partial charge is 0.391 e. The third kappa shape index (κ3) is 5.39. The van der Waals surface area contributed by atoms with E-state index in [1.165, 1.54) is 18.3 Å². The highest BCUT2D eigenvalue weighted by Crippen LogP contribution is 2.21. The number of amides is 1. The van der Waals surface area contributed by atoms with Gasteiger partial charge in [0.05, 0.1) is 11.5 Å². The summed E-state index contributed by atoms with van der Waals surface area (Å²) in [5.41, 5.74) is 1.12. The van der Waals surface area contributed by atoms with Crippen molar-refractivity contribution in [2.45, 2.75) is 13.0 Å². The summed E-state index contributed by atoms with van der Waals surface area (Å²) in [4.78, 5) is 29.3. The quantitative estimate of drug-likeness (QED) is 0.244. The zero-order valence-electron chi connectivity index (χ0n) is 13.3. The molecule has 0 fully saturated rings. The number of carbonyl (C=O) groups excluding carboxylic acids is 1. The minimum absolute atomic E-state index is 0.0676. The normalized spacial score (nSPS) is 10.1. The first-order chi connectivity index (χ1) is 12.1. The number of rotatable bonds is 10. The van der Waals surface area contributed by atoms with Crippen LogP contribution in [-0.4, -0.2) is 44.7 Å². The highest BCUT2D eigenvalue weighted by Gasteiger charge is 2.12. The van der Waals surface area contributed by atoms with E-state index < -0.39 is 0 Å². The van der Waals surface area contributed by atoms with Crippen LogP contribution in [0.2, 0.25) is 0 Å². The Labute approximate surface area is 143 Å². The van der Waals surface area contributed by atoms with Crippen molar-refractivity contribution < 1.29 is 20.0 Å². The fourth-order valence-electron chi connectivity index (χ4n) is 2.02. The van der Waals surface area contributed by atoms with Crippen molar-refractivity contribution >= 4 is 29.6 Å². The maximum absolute atomic E-state index is 10.9. The summed E-state index contributed by atoms with van der Waals surface area (Å²) in [5, 5.41) is 26.9. The molecule has 0 aliphatic carbocycles. The second kappa shape index (κ2) is 9.13. The molecule has 0 saturated heterocycles. The number of aliphatic hydroxyl groups is 1. The van der Waals surface area contributed by atoms with Crippen LogP contribution in [0.1, 0.15) is 12.0 Å². The molecule has 5 N–H and O–H groups in total. The van der Waals surface area contributed by atoms with Crippen LogP contribution in [0.5, 0.6) is 0 Å². The molecule has 0 saturated carbocycles. The van der Waals surface area contributed by atoms with Gasteiger partial charge in [-0.05, 0) is 12.5 Å². The molecule has 132 valence electrons. The highest BCUT2D eigenvalue weighted by atomic mass is 16.6. The first-order valence-electron chi connectivity index (χ1n) is 7.55. The molecule has 0 aliphatic rings. The molecule has 2 rings (SSSR count). The maximum atomic E-state index is 10.9. The Kier molecular flexibility index (Phi) is 6.60. The van der Waals surface area contributed by atoms with Gasteiger partial charge in [-0.25, -0.2) is 10.2 Å². The van der Waals surface area contributed by atoms with E-state index in [2.05, 4.69) is 25.9 Å². The van der Waals surface area contributed by atoms with Crippen molar-refractivity contribution in [1.82, 2.24) is 15.3 Å². The maximum Gasteiger partial charge on any atom is 0.318 e. The van der Waals surface area contributed by atoms with Crippen LogP contribution in [0.3, 0.4) is 0 Å². The number of hydrogen-bond acceptors (Lipinski definition) is 7. The number of aliphatic hydroxyl groups excluding tert-OH is 1. The summed E-state index contributed by atoms with van der Waals surface area (Å²) >= 11 is 0. The van der Waals surface area contributed by atoms with Crippen LogP contribution < -0.4 is 16.0 Å². The lowest BCUT2D eigenvalue weighted by molar-refractivity contribution is -0.729. The van der Waals surface area contributed by atoms with Gasteiger partial charge in [0.1, 0.15) is 5.82 Å². The molecule has 2 aromatic rings. The van der Waals surface area contributed by atoms with Crippen LogP contribution in [0.15, 0.2) is 30.5 Å². The van der Waals surface area contributed by atoms with Crippen LogP contribution >= 0.6 is 0 Å². The van der Waals surface area contributed by atoms with E-state index in [9.17, 15) is 14.8 Å². The zero-order valence-corrected chi connectivity index (χ0v) is 13.3. The van der Waals surface area contributed by atoms with E-state index in [1.54, 1.807) is 12.1 Å². The topological polar surface area (TPSA) is 139 Å². The molecule has 0 aliphatic heterocycles. The van der Waals surface area contributed by atoms with Crippen molar-refractivity contribution in [1.29, 1.82) is 0 Å². The Morgan fingerprint density at radius 3 is 2.84 bits per heavy atom. The van der Waals surface area contributed by atoms with E-state index in [-0.39, 0.29) is 23.2 Å². The third-order valence-electron chi connectivity index (χ3n) is 3.23. The first kappa shape index (κ1) is 18.1. The van der Waals surface area contributed by atoms with Crippen molar-refractivity contribution in [2.24, 2.45) is 0 Å². The van der Waals surface area contributed by atoms with E-state index in [0.717, 1.165) is 0 Å². The van der Waals surface area contributed by atoms with Gasteiger partial charge in [-0.15, -0.1) is 0 Å². The Balaban J connectivity index is 2.08. The summed E-state index contributed by atoms with van der Waals surface area (Å²) in [7, 11) is 0. The molecule has 0 spiro atoms. The lowest BCUT2D eigenvalue weighted by Gasteiger charge is -2.11. The van der Waals surface area contributed by atoms with Gasteiger partial charge in [-0.2, -0.15) is 4.98 Å². The van der Waals surface area contributed by atoms with Gasteiger partial charge in [-0.3, -0.25) is 4.79 Å². The average molecular weight is 347 g/mol. The second-order valence-corrected chi connectivity index (χ2v) is 5.03. The van der Waals surface area contributed by atoms with Gasteiger partial charge in [0.2, 0.25) is 12.4 Å². The second-order valence-electron chi connectivity index (χ2n) is 5.03. The summed E-state index contributed by atoms with van der Waals surface area (Å²) in [6.45, 7) is 0.858. The summed E-state index contributed by atoms with van der Waals surface area (Å²) in [6, 6.07) is 6.18. The van der Waals surface area contributed by atoms with Crippen LogP contribution in [0.25, 0.3) is 0 Å². The molecule has 1 aromatic heterocycles. The highest BCUT2D eigenvalue weighted by molar-refractivity contribution is 5.59. The van der Waals surface area contributed by atoms with Crippen molar-refractivity contribution in [3.8, 4) is 0 Å². The SMILES string of the molecule is O=CNCCCNc1nc(Nc2cccc([N+](=O)O)c2)ncc1CO. The predicted molar refractivity (Wildman–Crippen MR) is 89.9 cm³/mol. The van der Waals surface area contributed by atoms with E-state index >= 15 is 0 Å². The summed E-state index contributed by atoms with van der Waals surface area (Å²) in [5.74, 6) is 0.730. The van der Waals surface area contributed by atoms with Crippen LogP contribution in [0, 0.1) is 4.91 Å². The minimum Gasteiger partial charge on any atom is -0.391 e. The smallest absolute Gasteiger partial charge is 0.318 e. The van der Waals surface area contributed by atoms with Crippen LogP contribution in [0.4, 0.5) is 23.1 Å². The molecule has 10 heteroatoms. The standard InChI is InChI=1S/C15H18N6O4/c22-9-11-8-18-15(20-14(11)17-6-2-5-16-10-23)19-12-3-1-4-13(7-12)21(24)25/h1,3-4,7-8,10,22H,2,5-6,9H2,(H3-,16,17,18,19,20,23,24,25)/p+1. The van der Waals surface area contributed by atoms with Gasteiger partial charge >= 0.3 is 5.69 Å². The van der Waals surface area contributed by atoms with Gasteiger partial charge in [0.25, 0.3) is 4.92 Å². The molecule has 1 amide bonds. The molecule has 25 heavy (non-hydrogen) atoms. The Morgan fingerprint density at radius 1 is 1.28 bits per heavy atom. The number of nitrogens with one attached hydrogen (secondary N) is 3. The fourth-order valence-corrected chi connectivity index (χ4v) is 2.02. The van der Waals surface area contributed by atoms with E-state index in [1.807, 2.05) is 0 Å². The zero-order chi connectivity index (χ0) is 18.1. The minimum atomic E-state index is -0.235. The number of anilines is 3. The Bertz CT molecular complexity index is 740. The molecule has 1 heterocycles. The van der Waals surface area contributed by atoms with Crippen LogP contribution in [-0.2, 0) is 11.4 Å². The average Bonchev–Trinajstić information content (AvgIpc) is 2.62. The molecule has 1 aromatic carbocycles. The Hall–Kier alpha value is -3.27. The van der Waals surface area contributed by atoms with Crippen molar-refractivity contribution in [3.63, 3.8) is 0 Å². The third-order valence-corrected chi connectivity index (χ3v) is 3.23. The van der Waals surface area contributed by atoms with Gasteiger partial charge in [0, 0.05) is 42.7 Å². The number of aromatic nitrogens is 2. The van der Waals surface area contributed by atoms with Gasteiger partial charge in [-0.1, -0.05) is 6.07 Å². The number of benzene rings is 1. The molecule has 0 bridgehead atoms. The molecule has 0 radical (unpaired) electrons. The lowest BCUT2D eigenvalue weighted by Crippen LogP contribution is -2.17. The Morgan fingerprint density at radius 2 is 2.12 bits per heavy atom. The fraction of sp³-hybridized carbons (Fsp3) is 0.267. The molecule has 0 atom stereocenters. The molecule has 0 unspecified atom stereocenters. The monoisotopic (exact) mass is 347 g/mol. The predicted octanol–water partition coefficient (Wildman–Crippen LogP) is 1.06. The first-order valence-corrected chi connectivity index (χ1v) is 7.55. The van der Waals surface area contributed by atoms with Gasteiger partial charge in [0.15, 0.2) is 0 Å². The lowest BCUT2D eigenvalue weighted by atomic mass is 10.3. The molecular weight excluding hydrogens is 328 g/mol. The van der Waals surface area contributed by atoms with Crippen molar-refractivity contribution in [2.75, 3.05) is 23.7 Å². The number of nitrogens with zero attached hydrogens (tertiary/aromatic N) is 3. The van der Waals surface area contributed by atoms with Crippen molar-refractivity contribution in [3.05, 3.63) is 40.9 Å².